The zero-order valence-electron chi connectivity index (χ0n) is 15.5. The second kappa shape index (κ2) is 6.95. The zero-order valence-corrected chi connectivity index (χ0v) is 15.5. The van der Waals surface area contributed by atoms with Crippen LogP contribution in [0, 0.1) is 29.6 Å². The Kier molecular flexibility index (Phi) is 4.88. The van der Waals surface area contributed by atoms with Gasteiger partial charge in [-0.1, -0.05) is 0 Å². The molecule has 136 valence electrons. The lowest BCUT2D eigenvalue weighted by molar-refractivity contribution is -0.130. The van der Waals surface area contributed by atoms with Crippen LogP contribution in [0.3, 0.4) is 0 Å². The molecule has 1 heterocycles. The molecule has 4 saturated carbocycles. The third kappa shape index (κ3) is 3.50. The van der Waals surface area contributed by atoms with Crippen molar-refractivity contribution in [2.45, 2.75) is 51.0 Å². The summed E-state index contributed by atoms with van der Waals surface area (Å²) < 4.78 is 0. The summed E-state index contributed by atoms with van der Waals surface area (Å²) in [6.07, 6.45) is 9.28. The van der Waals surface area contributed by atoms with Gasteiger partial charge in [0.1, 0.15) is 0 Å². The van der Waals surface area contributed by atoms with Crippen molar-refractivity contribution >= 4 is 5.91 Å². The van der Waals surface area contributed by atoms with Gasteiger partial charge in [0.25, 0.3) is 0 Å². The lowest BCUT2D eigenvalue weighted by atomic mass is 9.54. The standard InChI is InChI=1S/C20H35N3O/c1-22(2)6-7-23-5-3-4-16(13-23)20(24)21-19-17-9-14-8-15(11-17)12-18(19)10-14/h14-19H,3-13H2,1-2H3,(H,21,24). The van der Waals surface area contributed by atoms with Crippen LogP contribution in [0.25, 0.3) is 0 Å². The number of nitrogens with one attached hydrogen (secondary N) is 1. The van der Waals surface area contributed by atoms with Gasteiger partial charge in [0, 0.05) is 25.7 Å². The fourth-order valence-corrected chi connectivity index (χ4v) is 6.26. The summed E-state index contributed by atoms with van der Waals surface area (Å²) in [4.78, 5) is 17.7. The van der Waals surface area contributed by atoms with Gasteiger partial charge >= 0.3 is 0 Å². The molecule has 4 nitrogen and oxygen atoms in total. The summed E-state index contributed by atoms with van der Waals surface area (Å²) in [6, 6.07) is 0.502. The van der Waals surface area contributed by atoms with E-state index in [9.17, 15) is 4.79 Å². The number of likely N-dealkylation sites (tertiary alicyclic amines) is 1. The first-order valence-electron chi connectivity index (χ1n) is 10.3. The Morgan fingerprint density at radius 3 is 2.38 bits per heavy atom. The molecule has 1 atom stereocenters. The highest BCUT2D eigenvalue weighted by atomic mass is 16.2. The van der Waals surface area contributed by atoms with E-state index in [1.54, 1.807) is 0 Å². The molecule has 1 N–H and O–H groups in total. The van der Waals surface area contributed by atoms with Crippen LogP contribution >= 0.6 is 0 Å². The molecule has 1 saturated heterocycles. The van der Waals surface area contributed by atoms with E-state index < -0.39 is 0 Å². The molecular formula is C20H35N3O. The monoisotopic (exact) mass is 333 g/mol. The van der Waals surface area contributed by atoms with Gasteiger partial charge in [0.05, 0.1) is 5.92 Å². The van der Waals surface area contributed by atoms with Crippen molar-refractivity contribution in [2.24, 2.45) is 29.6 Å². The van der Waals surface area contributed by atoms with Crippen LogP contribution in [-0.4, -0.2) is 62.0 Å². The van der Waals surface area contributed by atoms with Crippen molar-refractivity contribution in [1.29, 1.82) is 0 Å². The molecule has 24 heavy (non-hydrogen) atoms. The van der Waals surface area contributed by atoms with Gasteiger partial charge in [-0.05, 0) is 89.3 Å². The fraction of sp³-hybridized carbons (Fsp3) is 0.950. The fourth-order valence-electron chi connectivity index (χ4n) is 6.26. The molecule has 5 rings (SSSR count). The van der Waals surface area contributed by atoms with E-state index in [1.807, 2.05) is 0 Å². The highest BCUT2D eigenvalue weighted by Crippen LogP contribution is 2.53. The Labute approximate surface area is 147 Å². The summed E-state index contributed by atoms with van der Waals surface area (Å²) in [6.45, 7) is 4.31. The first-order chi connectivity index (χ1) is 11.6. The van der Waals surface area contributed by atoms with Crippen molar-refractivity contribution < 1.29 is 4.79 Å². The van der Waals surface area contributed by atoms with Crippen molar-refractivity contribution in [3.05, 3.63) is 0 Å². The molecule has 1 aliphatic heterocycles. The van der Waals surface area contributed by atoms with Crippen LogP contribution in [0.5, 0.6) is 0 Å². The van der Waals surface area contributed by atoms with Crippen LogP contribution in [0.4, 0.5) is 0 Å². The number of rotatable bonds is 5. The first kappa shape index (κ1) is 16.8. The SMILES string of the molecule is CN(C)CCN1CCCC(C(=O)NC2C3CC4CC(C3)CC2C4)C1. The maximum atomic E-state index is 12.9. The summed E-state index contributed by atoms with van der Waals surface area (Å²) in [5.41, 5.74) is 0. The lowest BCUT2D eigenvalue weighted by Gasteiger charge is -2.54. The molecule has 0 aromatic rings. The van der Waals surface area contributed by atoms with E-state index in [1.165, 1.54) is 38.5 Å². The molecule has 0 aromatic carbocycles. The Bertz CT molecular complexity index is 436. The molecule has 4 heteroatoms. The summed E-state index contributed by atoms with van der Waals surface area (Å²) >= 11 is 0. The number of carbonyl (C=O) groups is 1. The molecule has 4 bridgehead atoms. The van der Waals surface area contributed by atoms with Crippen LogP contribution in [0.15, 0.2) is 0 Å². The largest absolute Gasteiger partial charge is 0.353 e. The molecular weight excluding hydrogens is 298 g/mol. The lowest BCUT2D eigenvalue weighted by Crippen LogP contribution is -2.57. The number of piperidine rings is 1. The Morgan fingerprint density at radius 2 is 1.75 bits per heavy atom. The second-order valence-electron chi connectivity index (χ2n) is 9.41. The molecule has 1 unspecified atom stereocenters. The van der Waals surface area contributed by atoms with Crippen LogP contribution in [0.1, 0.15) is 44.9 Å². The highest BCUT2D eigenvalue weighted by Gasteiger charge is 2.48. The van der Waals surface area contributed by atoms with Gasteiger partial charge < -0.3 is 15.1 Å². The maximum absolute atomic E-state index is 12.9. The molecule has 0 spiro atoms. The second-order valence-corrected chi connectivity index (χ2v) is 9.41. The topological polar surface area (TPSA) is 35.6 Å². The molecule has 1 amide bonds. The van der Waals surface area contributed by atoms with E-state index in [-0.39, 0.29) is 5.92 Å². The first-order valence-corrected chi connectivity index (χ1v) is 10.3. The summed E-state index contributed by atoms with van der Waals surface area (Å²) in [5, 5.41) is 3.54. The third-order valence-electron chi connectivity index (χ3n) is 7.28. The molecule has 0 aromatic heterocycles. The minimum Gasteiger partial charge on any atom is -0.353 e. The van der Waals surface area contributed by atoms with E-state index in [0.29, 0.717) is 11.9 Å². The van der Waals surface area contributed by atoms with Gasteiger partial charge in [-0.2, -0.15) is 0 Å². The quantitative estimate of drug-likeness (QED) is 0.838. The van der Waals surface area contributed by atoms with Gasteiger partial charge in [-0.15, -0.1) is 0 Å². The van der Waals surface area contributed by atoms with Crippen molar-refractivity contribution in [3.8, 4) is 0 Å². The van der Waals surface area contributed by atoms with Crippen LogP contribution in [0.2, 0.25) is 0 Å². The van der Waals surface area contributed by atoms with Gasteiger partial charge in [-0.3, -0.25) is 4.79 Å². The molecule has 4 aliphatic carbocycles. The summed E-state index contributed by atoms with van der Waals surface area (Å²) in [5.74, 6) is 4.13. The molecule has 5 fully saturated rings. The number of carbonyl (C=O) groups excluding carboxylic acids is 1. The predicted molar refractivity (Wildman–Crippen MR) is 96.7 cm³/mol. The van der Waals surface area contributed by atoms with Crippen molar-refractivity contribution in [3.63, 3.8) is 0 Å². The van der Waals surface area contributed by atoms with Crippen LogP contribution in [-0.2, 0) is 4.79 Å². The Balaban J connectivity index is 1.31. The number of hydrogen-bond acceptors (Lipinski definition) is 3. The average Bonchev–Trinajstić information content (AvgIpc) is 2.55. The highest BCUT2D eigenvalue weighted by molar-refractivity contribution is 5.79. The smallest absolute Gasteiger partial charge is 0.224 e. The van der Waals surface area contributed by atoms with Gasteiger partial charge in [0.2, 0.25) is 5.91 Å². The number of nitrogens with zero attached hydrogens (tertiary/aromatic N) is 2. The number of amides is 1. The minimum atomic E-state index is 0.220. The van der Waals surface area contributed by atoms with Crippen molar-refractivity contribution in [1.82, 2.24) is 15.1 Å². The van der Waals surface area contributed by atoms with E-state index >= 15 is 0 Å². The summed E-state index contributed by atoms with van der Waals surface area (Å²) in [7, 11) is 4.25. The molecule has 0 radical (unpaired) electrons. The van der Waals surface area contributed by atoms with Gasteiger partial charge in [-0.25, -0.2) is 0 Å². The maximum Gasteiger partial charge on any atom is 0.224 e. The predicted octanol–water partition coefficient (Wildman–Crippen LogP) is 2.20. The van der Waals surface area contributed by atoms with Crippen molar-refractivity contribution in [2.75, 3.05) is 40.3 Å². The zero-order chi connectivity index (χ0) is 16.7. The van der Waals surface area contributed by atoms with Crippen LogP contribution < -0.4 is 5.32 Å². The average molecular weight is 334 g/mol. The Hall–Kier alpha value is -0.610. The minimum absolute atomic E-state index is 0.220. The normalized spacial score (nSPS) is 41.8. The van der Waals surface area contributed by atoms with E-state index in [4.69, 9.17) is 0 Å². The van der Waals surface area contributed by atoms with E-state index in [2.05, 4.69) is 29.2 Å². The molecule has 5 aliphatic rings. The van der Waals surface area contributed by atoms with Gasteiger partial charge in [0.15, 0.2) is 0 Å². The van der Waals surface area contributed by atoms with E-state index in [0.717, 1.165) is 56.3 Å². The Morgan fingerprint density at radius 1 is 1.08 bits per heavy atom. The third-order valence-corrected chi connectivity index (χ3v) is 7.28. The number of hydrogen-bond donors (Lipinski definition) is 1. The number of likely N-dealkylation sites (N-methyl/N-ethyl adjacent to an activating group) is 1.